The highest BCUT2D eigenvalue weighted by Crippen LogP contribution is 2.31. The van der Waals surface area contributed by atoms with Crippen molar-refractivity contribution < 1.29 is 18.7 Å². The molecule has 2 N–H and O–H groups in total. The number of carbonyl (C=O) groups excluding carboxylic acids is 2. The van der Waals surface area contributed by atoms with Gasteiger partial charge in [-0.05, 0) is 44.4 Å². The van der Waals surface area contributed by atoms with Gasteiger partial charge in [0.15, 0.2) is 5.76 Å². The lowest BCUT2D eigenvalue weighted by atomic mass is 10.0. The van der Waals surface area contributed by atoms with Gasteiger partial charge in [0.05, 0.1) is 25.6 Å². The molecule has 1 fully saturated rings. The number of anilines is 1. The Morgan fingerprint density at radius 3 is 2.59 bits per heavy atom. The van der Waals surface area contributed by atoms with Gasteiger partial charge in [-0.25, -0.2) is 0 Å². The van der Waals surface area contributed by atoms with Gasteiger partial charge in [-0.2, -0.15) is 0 Å². The summed E-state index contributed by atoms with van der Waals surface area (Å²) in [6.45, 7) is 5.46. The van der Waals surface area contributed by atoms with E-state index in [1.807, 2.05) is 13.8 Å². The van der Waals surface area contributed by atoms with Crippen molar-refractivity contribution in [2.45, 2.75) is 32.7 Å². The van der Waals surface area contributed by atoms with Crippen LogP contribution in [0.2, 0.25) is 5.02 Å². The zero-order chi connectivity index (χ0) is 21.0. The smallest absolute Gasteiger partial charge is 0.287 e. The number of hydrogen-bond donors (Lipinski definition) is 2. The summed E-state index contributed by atoms with van der Waals surface area (Å²) in [6.07, 6.45) is 3.08. The first-order valence-corrected chi connectivity index (χ1v) is 9.96. The van der Waals surface area contributed by atoms with Crippen LogP contribution < -0.4 is 15.4 Å². The van der Waals surface area contributed by atoms with Crippen LogP contribution in [-0.2, 0) is 4.79 Å². The van der Waals surface area contributed by atoms with Crippen molar-refractivity contribution in [1.29, 1.82) is 0 Å². The van der Waals surface area contributed by atoms with Crippen LogP contribution in [0.4, 0.5) is 5.69 Å². The highest BCUT2D eigenvalue weighted by Gasteiger charge is 2.24. The Morgan fingerprint density at radius 2 is 1.97 bits per heavy atom. The number of furan rings is 1. The lowest BCUT2D eigenvalue weighted by Crippen LogP contribution is -2.46. The molecule has 0 radical (unpaired) electrons. The normalized spacial score (nSPS) is 15.2. The lowest BCUT2D eigenvalue weighted by molar-refractivity contribution is -0.117. The molecule has 1 aromatic heterocycles. The number of amides is 2. The predicted octanol–water partition coefficient (Wildman–Crippen LogP) is 3.39. The maximum Gasteiger partial charge on any atom is 0.287 e. The van der Waals surface area contributed by atoms with Crippen LogP contribution in [0, 0.1) is 13.8 Å². The predicted molar refractivity (Wildman–Crippen MR) is 112 cm³/mol. The molecule has 1 saturated heterocycles. The van der Waals surface area contributed by atoms with Gasteiger partial charge in [0.1, 0.15) is 5.75 Å². The molecule has 2 amide bonds. The Morgan fingerprint density at radius 1 is 1.24 bits per heavy atom. The van der Waals surface area contributed by atoms with Gasteiger partial charge in [-0.1, -0.05) is 11.6 Å². The fourth-order valence-corrected chi connectivity index (χ4v) is 3.57. The van der Waals surface area contributed by atoms with Crippen molar-refractivity contribution in [3.63, 3.8) is 0 Å². The third kappa shape index (κ3) is 5.31. The first kappa shape index (κ1) is 21.2. The number of benzene rings is 1. The van der Waals surface area contributed by atoms with E-state index in [0.717, 1.165) is 37.1 Å². The molecule has 8 heteroatoms. The van der Waals surface area contributed by atoms with E-state index in [2.05, 4.69) is 15.5 Å². The van der Waals surface area contributed by atoms with Crippen molar-refractivity contribution in [3.8, 4) is 5.75 Å². The van der Waals surface area contributed by atoms with Gasteiger partial charge >= 0.3 is 0 Å². The Labute approximate surface area is 175 Å². The lowest BCUT2D eigenvalue weighted by Gasteiger charge is -2.31. The average molecular weight is 420 g/mol. The summed E-state index contributed by atoms with van der Waals surface area (Å²) in [7, 11) is 1.54. The molecule has 156 valence electrons. The molecule has 2 aromatic rings. The standard InChI is InChI=1S/C21H26ClN3O4/c1-13-6-9-29-20(13)21(27)23-15-4-7-25(8-5-15)12-19(26)24-17-10-14(2)16(22)11-18(17)28-3/h6,9-11,15H,4-5,7-8,12H2,1-3H3,(H,23,27)(H,24,26). The van der Waals surface area contributed by atoms with Crippen LogP contribution in [0.3, 0.4) is 0 Å². The molecule has 0 saturated carbocycles. The van der Waals surface area contributed by atoms with E-state index in [0.29, 0.717) is 22.2 Å². The van der Waals surface area contributed by atoms with Crippen molar-refractivity contribution in [2.75, 3.05) is 32.1 Å². The number of halogens is 1. The molecular weight excluding hydrogens is 394 g/mol. The average Bonchev–Trinajstić information content (AvgIpc) is 3.12. The van der Waals surface area contributed by atoms with Crippen LogP contribution in [-0.4, -0.2) is 49.5 Å². The molecule has 1 aliphatic rings. The van der Waals surface area contributed by atoms with Gasteiger partial charge in [0.25, 0.3) is 5.91 Å². The number of carbonyl (C=O) groups is 2. The van der Waals surface area contributed by atoms with E-state index in [9.17, 15) is 9.59 Å². The summed E-state index contributed by atoms with van der Waals surface area (Å²) in [5, 5.41) is 6.50. The van der Waals surface area contributed by atoms with Crippen molar-refractivity contribution in [3.05, 3.63) is 46.4 Å². The number of aryl methyl sites for hydroxylation is 2. The Bertz CT molecular complexity index is 888. The number of nitrogens with one attached hydrogen (secondary N) is 2. The monoisotopic (exact) mass is 419 g/mol. The zero-order valence-corrected chi connectivity index (χ0v) is 17.6. The van der Waals surface area contributed by atoms with Gasteiger partial charge in [0, 0.05) is 35.8 Å². The maximum absolute atomic E-state index is 12.5. The second-order valence-electron chi connectivity index (χ2n) is 7.31. The molecule has 3 rings (SSSR count). The molecule has 29 heavy (non-hydrogen) atoms. The quantitative estimate of drug-likeness (QED) is 0.749. The highest BCUT2D eigenvalue weighted by atomic mass is 35.5. The second-order valence-corrected chi connectivity index (χ2v) is 7.71. The van der Waals surface area contributed by atoms with E-state index in [1.165, 1.54) is 6.26 Å². The minimum Gasteiger partial charge on any atom is -0.495 e. The fourth-order valence-electron chi connectivity index (χ4n) is 3.41. The van der Waals surface area contributed by atoms with E-state index >= 15 is 0 Å². The number of methoxy groups -OCH3 is 1. The van der Waals surface area contributed by atoms with E-state index in [1.54, 1.807) is 25.3 Å². The van der Waals surface area contributed by atoms with Crippen molar-refractivity contribution >= 4 is 29.1 Å². The van der Waals surface area contributed by atoms with Crippen LogP contribution >= 0.6 is 11.6 Å². The summed E-state index contributed by atoms with van der Waals surface area (Å²) < 4.78 is 10.5. The third-order valence-corrected chi connectivity index (χ3v) is 5.52. The summed E-state index contributed by atoms with van der Waals surface area (Å²) in [6, 6.07) is 5.34. The minimum atomic E-state index is -0.186. The highest BCUT2D eigenvalue weighted by molar-refractivity contribution is 6.31. The van der Waals surface area contributed by atoms with Crippen LogP contribution in [0.25, 0.3) is 0 Å². The number of piperidine rings is 1. The van der Waals surface area contributed by atoms with Crippen molar-refractivity contribution in [2.24, 2.45) is 0 Å². The molecule has 0 atom stereocenters. The first-order valence-electron chi connectivity index (χ1n) is 9.58. The number of ether oxygens (including phenoxy) is 1. The van der Waals surface area contributed by atoms with Crippen LogP contribution in [0.15, 0.2) is 28.9 Å². The van der Waals surface area contributed by atoms with Gasteiger partial charge in [-0.15, -0.1) is 0 Å². The third-order valence-electron chi connectivity index (χ3n) is 5.11. The summed E-state index contributed by atoms with van der Waals surface area (Å²) in [4.78, 5) is 26.8. The number of hydrogen-bond acceptors (Lipinski definition) is 5. The SMILES string of the molecule is COc1cc(Cl)c(C)cc1NC(=O)CN1CCC(NC(=O)c2occc2C)CC1. The van der Waals surface area contributed by atoms with E-state index in [-0.39, 0.29) is 24.4 Å². The topological polar surface area (TPSA) is 83.8 Å². The molecule has 1 aromatic carbocycles. The second kappa shape index (κ2) is 9.33. The molecule has 7 nitrogen and oxygen atoms in total. The molecule has 1 aliphatic heterocycles. The Kier molecular flexibility index (Phi) is 6.82. The molecule has 0 unspecified atom stereocenters. The summed E-state index contributed by atoms with van der Waals surface area (Å²) >= 11 is 6.11. The Hall–Kier alpha value is -2.51. The molecule has 0 bridgehead atoms. The number of rotatable bonds is 6. The minimum absolute atomic E-state index is 0.0744. The zero-order valence-electron chi connectivity index (χ0n) is 16.9. The largest absolute Gasteiger partial charge is 0.495 e. The molecule has 2 heterocycles. The summed E-state index contributed by atoms with van der Waals surface area (Å²) in [5.41, 5.74) is 2.30. The number of likely N-dealkylation sites (tertiary alicyclic amines) is 1. The number of nitrogens with zero attached hydrogens (tertiary/aromatic N) is 1. The summed E-state index contributed by atoms with van der Waals surface area (Å²) in [5.74, 6) is 0.593. The van der Waals surface area contributed by atoms with E-state index in [4.69, 9.17) is 20.8 Å². The first-order chi connectivity index (χ1) is 13.9. The van der Waals surface area contributed by atoms with E-state index < -0.39 is 0 Å². The van der Waals surface area contributed by atoms with Crippen LogP contribution in [0.5, 0.6) is 5.75 Å². The maximum atomic E-state index is 12.5. The Balaban J connectivity index is 1.48. The van der Waals surface area contributed by atoms with Gasteiger partial charge in [0.2, 0.25) is 5.91 Å². The molecule has 0 spiro atoms. The molecular formula is C21H26ClN3O4. The molecule has 0 aliphatic carbocycles. The van der Waals surface area contributed by atoms with Crippen molar-refractivity contribution in [1.82, 2.24) is 10.2 Å². The van der Waals surface area contributed by atoms with Gasteiger partial charge in [-0.3, -0.25) is 14.5 Å². The van der Waals surface area contributed by atoms with Crippen LogP contribution in [0.1, 0.15) is 34.5 Å². The van der Waals surface area contributed by atoms with Gasteiger partial charge < -0.3 is 19.8 Å². The fraction of sp³-hybridized carbons (Fsp3) is 0.429.